The summed E-state index contributed by atoms with van der Waals surface area (Å²) in [6, 6.07) is 0. The molecule has 0 amide bonds. The van der Waals surface area contributed by atoms with Crippen molar-refractivity contribution in [3.63, 3.8) is 0 Å². The molecule has 1 aliphatic carbocycles. The molecule has 0 spiro atoms. The fraction of sp³-hybridized carbons (Fsp3) is 1.00. The number of aliphatic hydroxyl groups is 1. The van der Waals surface area contributed by atoms with Crippen LogP contribution in [0.5, 0.6) is 0 Å². The summed E-state index contributed by atoms with van der Waals surface area (Å²) >= 11 is 0. The summed E-state index contributed by atoms with van der Waals surface area (Å²) in [5.41, 5.74) is 5.29. The monoisotopic (exact) mass is 213 g/mol. The van der Waals surface area contributed by atoms with Gasteiger partial charge in [0.2, 0.25) is 0 Å². The zero-order valence-electron chi connectivity index (χ0n) is 10.6. The molecule has 2 nitrogen and oxygen atoms in total. The van der Waals surface area contributed by atoms with Crippen molar-refractivity contribution in [3.05, 3.63) is 0 Å². The predicted molar refractivity (Wildman–Crippen MR) is 64.7 cm³/mol. The Hall–Kier alpha value is -0.0800. The van der Waals surface area contributed by atoms with Gasteiger partial charge in [0, 0.05) is 5.54 Å². The van der Waals surface area contributed by atoms with Crippen molar-refractivity contribution in [1.29, 1.82) is 0 Å². The van der Waals surface area contributed by atoms with Crippen molar-refractivity contribution < 1.29 is 5.11 Å². The van der Waals surface area contributed by atoms with E-state index in [1.54, 1.807) is 0 Å². The second kappa shape index (κ2) is 4.84. The van der Waals surface area contributed by atoms with E-state index in [1.807, 2.05) is 6.92 Å². The summed E-state index contributed by atoms with van der Waals surface area (Å²) in [6.07, 6.45) is 7.33. The number of hydrogen-bond donors (Lipinski definition) is 2. The first-order valence-electron chi connectivity index (χ1n) is 6.42. The quantitative estimate of drug-likeness (QED) is 0.754. The van der Waals surface area contributed by atoms with Gasteiger partial charge in [0.05, 0.1) is 5.60 Å². The Kier molecular flexibility index (Phi) is 4.19. The highest BCUT2D eigenvalue weighted by Gasteiger charge is 2.45. The molecule has 0 aromatic rings. The summed E-state index contributed by atoms with van der Waals surface area (Å²) in [5, 5.41) is 10.7. The smallest absolute Gasteiger partial charge is 0.0826 e. The highest BCUT2D eigenvalue weighted by Crippen LogP contribution is 2.40. The maximum Gasteiger partial charge on any atom is 0.0826 e. The van der Waals surface area contributed by atoms with Crippen LogP contribution in [-0.2, 0) is 0 Å². The van der Waals surface area contributed by atoms with Gasteiger partial charge in [-0.1, -0.05) is 39.5 Å². The van der Waals surface area contributed by atoms with Gasteiger partial charge in [-0.25, -0.2) is 0 Å². The van der Waals surface area contributed by atoms with Crippen molar-refractivity contribution in [2.75, 3.05) is 0 Å². The standard InChI is InChI=1S/C13H27NO/c1-4-5-8-12(3,14)13(15)9-6-7-11(2)10-13/h11,15H,4-10,14H2,1-3H3. The number of nitrogens with two attached hydrogens (primary N) is 1. The topological polar surface area (TPSA) is 46.2 Å². The van der Waals surface area contributed by atoms with Crippen LogP contribution in [0.25, 0.3) is 0 Å². The van der Waals surface area contributed by atoms with Crippen LogP contribution in [0.4, 0.5) is 0 Å². The summed E-state index contributed by atoms with van der Waals surface area (Å²) in [6.45, 7) is 6.42. The molecule has 0 heterocycles. The van der Waals surface area contributed by atoms with Crippen LogP contribution in [0.3, 0.4) is 0 Å². The second-order valence-corrected chi connectivity index (χ2v) is 5.75. The molecule has 2 heteroatoms. The number of unbranched alkanes of at least 4 members (excludes halogenated alkanes) is 1. The van der Waals surface area contributed by atoms with Gasteiger partial charge in [-0.3, -0.25) is 0 Å². The fourth-order valence-corrected chi connectivity index (χ4v) is 2.82. The van der Waals surface area contributed by atoms with Gasteiger partial charge in [0.15, 0.2) is 0 Å². The first-order chi connectivity index (χ1) is 6.91. The highest BCUT2D eigenvalue weighted by atomic mass is 16.3. The van der Waals surface area contributed by atoms with E-state index in [4.69, 9.17) is 5.73 Å². The van der Waals surface area contributed by atoms with Crippen molar-refractivity contribution in [3.8, 4) is 0 Å². The second-order valence-electron chi connectivity index (χ2n) is 5.75. The third-order valence-electron chi connectivity index (χ3n) is 4.09. The average Bonchev–Trinajstić information content (AvgIpc) is 2.14. The molecule has 0 bridgehead atoms. The lowest BCUT2D eigenvalue weighted by Gasteiger charge is -2.47. The van der Waals surface area contributed by atoms with Gasteiger partial charge in [0.25, 0.3) is 0 Å². The van der Waals surface area contributed by atoms with Crippen molar-refractivity contribution in [2.45, 2.75) is 76.9 Å². The Balaban J connectivity index is 2.65. The lowest BCUT2D eigenvalue weighted by atomic mass is 9.67. The highest BCUT2D eigenvalue weighted by molar-refractivity contribution is 5.02. The minimum atomic E-state index is -0.625. The van der Waals surface area contributed by atoms with Gasteiger partial charge >= 0.3 is 0 Å². The summed E-state index contributed by atoms with van der Waals surface area (Å²) in [7, 11) is 0. The van der Waals surface area contributed by atoms with Crippen molar-refractivity contribution in [1.82, 2.24) is 0 Å². The van der Waals surface area contributed by atoms with Gasteiger partial charge in [-0.2, -0.15) is 0 Å². The SMILES string of the molecule is CCCCC(C)(N)C1(O)CCCC(C)C1. The number of rotatable bonds is 4. The molecule has 1 fully saturated rings. The molecule has 15 heavy (non-hydrogen) atoms. The van der Waals surface area contributed by atoms with Crippen LogP contribution >= 0.6 is 0 Å². The third-order valence-corrected chi connectivity index (χ3v) is 4.09. The van der Waals surface area contributed by atoms with Crippen LogP contribution < -0.4 is 5.73 Å². The fourth-order valence-electron chi connectivity index (χ4n) is 2.82. The molecule has 1 aliphatic rings. The lowest BCUT2D eigenvalue weighted by Crippen LogP contribution is -2.60. The molecule has 0 radical (unpaired) electrons. The molecule has 1 rings (SSSR count). The molecular weight excluding hydrogens is 186 g/mol. The Morgan fingerprint density at radius 3 is 2.73 bits per heavy atom. The largest absolute Gasteiger partial charge is 0.388 e. The molecule has 3 unspecified atom stereocenters. The van der Waals surface area contributed by atoms with E-state index in [0.29, 0.717) is 5.92 Å². The van der Waals surface area contributed by atoms with Crippen molar-refractivity contribution >= 4 is 0 Å². The van der Waals surface area contributed by atoms with E-state index in [0.717, 1.165) is 38.5 Å². The van der Waals surface area contributed by atoms with E-state index in [2.05, 4.69) is 13.8 Å². The zero-order chi connectivity index (χ0) is 11.5. The van der Waals surface area contributed by atoms with Crippen LogP contribution in [0, 0.1) is 5.92 Å². The Morgan fingerprint density at radius 1 is 1.53 bits per heavy atom. The first-order valence-corrected chi connectivity index (χ1v) is 6.42. The summed E-state index contributed by atoms with van der Waals surface area (Å²) in [4.78, 5) is 0. The van der Waals surface area contributed by atoms with Crippen LogP contribution in [0.15, 0.2) is 0 Å². The molecule has 0 aromatic carbocycles. The Labute approximate surface area is 94.2 Å². The zero-order valence-corrected chi connectivity index (χ0v) is 10.6. The molecule has 1 saturated carbocycles. The molecule has 3 atom stereocenters. The maximum absolute atomic E-state index is 10.7. The lowest BCUT2D eigenvalue weighted by molar-refractivity contribution is -0.0742. The molecule has 0 saturated heterocycles. The van der Waals surface area contributed by atoms with Crippen LogP contribution in [0.1, 0.15) is 65.7 Å². The Morgan fingerprint density at radius 2 is 2.20 bits per heavy atom. The maximum atomic E-state index is 10.7. The molecule has 0 aromatic heterocycles. The Bertz CT molecular complexity index is 203. The summed E-state index contributed by atoms with van der Waals surface area (Å²) in [5.74, 6) is 0.619. The molecular formula is C13H27NO. The van der Waals surface area contributed by atoms with E-state index < -0.39 is 11.1 Å². The van der Waals surface area contributed by atoms with Gasteiger partial charge < -0.3 is 10.8 Å². The molecule has 0 aliphatic heterocycles. The van der Waals surface area contributed by atoms with Gasteiger partial charge in [-0.15, -0.1) is 0 Å². The summed E-state index contributed by atoms with van der Waals surface area (Å²) < 4.78 is 0. The van der Waals surface area contributed by atoms with Crippen LogP contribution in [-0.4, -0.2) is 16.2 Å². The molecule has 3 N–H and O–H groups in total. The average molecular weight is 213 g/mol. The van der Waals surface area contributed by atoms with E-state index >= 15 is 0 Å². The normalized spacial score (nSPS) is 36.2. The van der Waals surface area contributed by atoms with E-state index in [9.17, 15) is 5.11 Å². The van der Waals surface area contributed by atoms with E-state index in [-0.39, 0.29) is 0 Å². The van der Waals surface area contributed by atoms with Gasteiger partial charge in [0.1, 0.15) is 0 Å². The predicted octanol–water partition coefficient (Wildman–Crippen LogP) is 2.84. The van der Waals surface area contributed by atoms with Crippen LogP contribution in [0.2, 0.25) is 0 Å². The minimum Gasteiger partial charge on any atom is -0.388 e. The van der Waals surface area contributed by atoms with E-state index in [1.165, 1.54) is 6.42 Å². The van der Waals surface area contributed by atoms with Crippen molar-refractivity contribution in [2.24, 2.45) is 11.7 Å². The first kappa shape index (κ1) is 13.0. The molecule has 90 valence electrons. The van der Waals surface area contributed by atoms with Gasteiger partial charge in [-0.05, 0) is 32.1 Å². The number of hydrogen-bond acceptors (Lipinski definition) is 2. The third kappa shape index (κ3) is 2.94. The minimum absolute atomic E-state index is 0.405.